The highest BCUT2D eigenvalue weighted by Crippen LogP contribution is 2.39. The third-order valence-electron chi connectivity index (χ3n) is 3.86. The first kappa shape index (κ1) is 16.5. The van der Waals surface area contributed by atoms with Crippen LogP contribution in [0.25, 0.3) is 0 Å². The Balaban J connectivity index is 2.37. The molecule has 21 heavy (non-hydrogen) atoms. The van der Waals surface area contributed by atoms with Crippen molar-refractivity contribution in [3.05, 3.63) is 22.2 Å². The molecular formula is C15H23BrN2O3. The number of piperazine rings is 1. The van der Waals surface area contributed by atoms with Gasteiger partial charge in [-0.25, -0.2) is 0 Å². The van der Waals surface area contributed by atoms with Crippen LogP contribution in [0.2, 0.25) is 0 Å². The first-order valence-electron chi connectivity index (χ1n) is 7.18. The number of nitrogens with one attached hydrogen (secondary N) is 1. The topological polar surface area (TPSA) is 54.0 Å². The van der Waals surface area contributed by atoms with E-state index in [0.29, 0.717) is 6.42 Å². The number of methoxy groups -OCH3 is 2. The lowest BCUT2D eigenvalue weighted by atomic mass is 10.00. The molecule has 1 heterocycles. The Bertz CT molecular complexity index is 464. The zero-order valence-corrected chi connectivity index (χ0v) is 14.1. The van der Waals surface area contributed by atoms with Gasteiger partial charge < -0.3 is 19.9 Å². The Morgan fingerprint density at radius 2 is 1.90 bits per heavy atom. The summed E-state index contributed by atoms with van der Waals surface area (Å²) in [5.74, 6) is 1.60. The summed E-state index contributed by atoms with van der Waals surface area (Å²) in [6.45, 7) is 4.02. The molecule has 1 aromatic rings. The van der Waals surface area contributed by atoms with Crippen LogP contribution >= 0.6 is 15.9 Å². The summed E-state index contributed by atoms with van der Waals surface area (Å²) in [5.41, 5.74) is 1.06. The van der Waals surface area contributed by atoms with Gasteiger partial charge in [-0.3, -0.25) is 4.90 Å². The minimum Gasteiger partial charge on any atom is -0.496 e. The fraction of sp³-hybridized carbons (Fsp3) is 0.600. The Hall–Kier alpha value is -0.820. The first-order valence-corrected chi connectivity index (χ1v) is 7.97. The van der Waals surface area contributed by atoms with E-state index < -0.39 is 0 Å². The van der Waals surface area contributed by atoms with Crippen molar-refractivity contribution in [2.45, 2.75) is 12.5 Å². The van der Waals surface area contributed by atoms with Crippen molar-refractivity contribution in [1.29, 1.82) is 0 Å². The van der Waals surface area contributed by atoms with E-state index in [1.807, 2.05) is 12.1 Å². The van der Waals surface area contributed by atoms with E-state index in [0.717, 1.165) is 47.7 Å². The van der Waals surface area contributed by atoms with E-state index in [-0.39, 0.29) is 12.6 Å². The van der Waals surface area contributed by atoms with Crippen molar-refractivity contribution < 1.29 is 14.6 Å². The van der Waals surface area contributed by atoms with Crippen molar-refractivity contribution in [2.75, 3.05) is 47.0 Å². The fourth-order valence-corrected chi connectivity index (χ4v) is 3.28. The number of benzene rings is 1. The van der Waals surface area contributed by atoms with Gasteiger partial charge in [0.1, 0.15) is 11.5 Å². The van der Waals surface area contributed by atoms with Gasteiger partial charge in [0.2, 0.25) is 0 Å². The number of aliphatic hydroxyl groups excluding tert-OH is 1. The van der Waals surface area contributed by atoms with Gasteiger partial charge in [-0.15, -0.1) is 0 Å². The number of hydrogen-bond acceptors (Lipinski definition) is 5. The van der Waals surface area contributed by atoms with Gasteiger partial charge in [-0.2, -0.15) is 0 Å². The summed E-state index contributed by atoms with van der Waals surface area (Å²) in [6, 6.07) is 4.07. The molecule has 2 rings (SSSR count). The first-order chi connectivity index (χ1) is 10.2. The molecule has 0 bridgehead atoms. The zero-order valence-electron chi connectivity index (χ0n) is 12.6. The molecule has 0 amide bonds. The lowest BCUT2D eigenvalue weighted by Gasteiger charge is -2.35. The molecule has 0 unspecified atom stereocenters. The van der Waals surface area contributed by atoms with Gasteiger partial charge in [0, 0.05) is 44.4 Å². The summed E-state index contributed by atoms with van der Waals surface area (Å²) in [5, 5.41) is 12.8. The molecule has 1 aromatic carbocycles. The summed E-state index contributed by atoms with van der Waals surface area (Å²) in [4.78, 5) is 2.39. The Labute approximate surface area is 134 Å². The predicted octanol–water partition coefficient (Wildman–Crippen LogP) is 1.79. The normalized spacial score (nSPS) is 17.5. The number of aliphatic hydroxyl groups is 1. The van der Waals surface area contributed by atoms with E-state index in [2.05, 4.69) is 26.1 Å². The van der Waals surface area contributed by atoms with E-state index in [1.165, 1.54) is 0 Å². The van der Waals surface area contributed by atoms with E-state index in [9.17, 15) is 5.11 Å². The van der Waals surface area contributed by atoms with Crippen LogP contribution in [0.5, 0.6) is 11.5 Å². The Morgan fingerprint density at radius 3 is 2.48 bits per heavy atom. The van der Waals surface area contributed by atoms with Crippen LogP contribution in [0.1, 0.15) is 18.0 Å². The minimum atomic E-state index is 0.133. The Morgan fingerprint density at radius 1 is 1.24 bits per heavy atom. The average molecular weight is 359 g/mol. The summed E-state index contributed by atoms with van der Waals surface area (Å²) < 4.78 is 11.8. The summed E-state index contributed by atoms with van der Waals surface area (Å²) in [6.07, 6.45) is 0.682. The van der Waals surface area contributed by atoms with Crippen LogP contribution in [0, 0.1) is 0 Å². The molecule has 2 N–H and O–H groups in total. The SMILES string of the molecule is COc1cc([C@@H](CCO)N2CCNCC2)c(OC)cc1Br. The van der Waals surface area contributed by atoms with E-state index in [1.54, 1.807) is 14.2 Å². The lowest BCUT2D eigenvalue weighted by Crippen LogP contribution is -2.45. The molecule has 118 valence electrons. The van der Waals surface area contributed by atoms with Crippen LogP contribution in [-0.2, 0) is 0 Å². The van der Waals surface area contributed by atoms with Crippen molar-refractivity contribution >= 4 is 15.9 Å². The molecule has 0 saturated carbocycles. The van der Waals surface area contributed by atoms with Gasteiger partial charge in [0.15, 0.2) is 0 Å². The quantitative estimate of drug-likeness (QED) is 0.811. The molecule has 0 spiro atoms. The second kappa shape index (κ2) is 7.98. The largest absolute Gasteiger partial charge is 0.496 e. The summed E-state index contributed by atoms with van der Waals surface area (Å²) in [7, 11) is 3.33. The van der Waals surface area contributed by atoms with Gasteiger partial charge in [-0.05, 0) is 34.5 Å². The maximum Gasteiger partial charge on any atom is 0.133 e. The lowest BCUT2D eigenvalue weighted by molar-refractivity contribution is 0.138. The van der Waals surface area contributed by atoms with Gasteiger partial charge >= 0.3 is 0 Å². The van der Waals surface area contributed by atoms with E-state index >= 15 is 0 Å². The molecule has 1 aliphatic rings. The van der Waals surface area contributed by atoms with Crippen molar-refractivity contribution in [3.63, 3.8) is 0 Å². The van der Waals surface area contributed by atoms with Crippen molar-refractivity contribution in [1.82, 2.24) is 10.2 Å². The van der Waals surface area contributed by atoms with Crippen LogP contribution in [0.15, 0.2) is 16.6 Å². The average Bonchev–Trinajstić information content (AvgIpc) is 2.53. The molecule has 1 saturated heterocycles. The molecule has 1 atom stereocenters. The number of ether oxygens (including phenoxy) is 2. The molecule has 5 nitrogen and oxygen atoms in total. The van der Waals surface area contributed by atoms with Crippen molar-refractivity contribution in [2.24, 2.45) is 0 Å². The predicted molar refractivity (Wildman–Crippen MR) is 86.1 cm³/mol. The molecule has 0 aromatic heterocycles. The number of rotatable bonds is 6. The van der Waals surface area contributed by atoms with Crippen LogP contribution in [0.4, 0.5) is 0 Å². The van der Waals surface area contributed by atoms with Crippen LogP contribution in [0.3, 0.4) is 0 Å². The maximum atomic E-state index is 9.45. The maximum absolute atomic E-state index is 9.45. The highest BCUT2D eigenvalue weighted by atomic mass is 79.9. The highest BCUT2D eigenvalue weighted by Gasteiger charge is 2.25. The third kappa shape index (κ3) is 3.88. The van der Waals surface area contributed by atoms with Crippen LogP contribution < -0.4 is 14.8 Å². The number of nitrogens with zero attached hydrogens (tertiary/aromatic N) is 1. The van der Waals surface area contributed by atoms with E-state index in [4.69, 9.17) is 9.47 Å². The Kier molecular flexibility index (Phi) is 6.29. The number of hydrogen-bond donors (Lipinski definition) is 2. The fourth-order valence-electron chi connectivity index (χ4n) is 2.80. The second-order valence-corrected chi connectivity index (χ2v) is 5.90. The summed E-state index contributed by atoms with van der Waals surface area (Å²) >= 11 is 3.49. The third-order valence-corrected chi connectivity index (χ3v) is 4.48. The van der Waals surface area contributed by atoms with Crippen molar-refractivity contribution in [3.8, 4) is 11.5 Å². The van der Waals surface area contributed by atoms with Gasteiger partial charge in [0.05, 0.1) is 18.7 Å². The molecule has 0 aliphatic carbocycles. The van der Waals surface area contributed by atoms with Gasteiger partial charge in [0.25, 0.3) is 0 Å². The second-order valence-electron chi connectivity index (χ2n) is 5.04. The smallest absolute Gasteiger partial charge is 0.133 e. The van der Waals surface area contributed by atoms with Gasteiger partial charge in [-0.1, -0.05) is 0 Å². The standard InChI is InChI=1S/C15H23BrN2O3/c1-20-14-10-12(16)15(21-2)9-11(14)13(3-8-19)18-6-4-17-5-7-18/h9-10,13,17,19H,3-8H2,1-2H3/t13-/m1/s1. The van der Waals surface area contributed by atoms with Crippen LogP contribution in [-0.4, -0.2) is 57.0 Å². The molecular weight excluding hydrogens is 336 g/mol. The zero-order chi connectivity index (χ0) is 15.2. The highest BCUT2D eigenvalue weighted by molar-refractivity contribution is 9.10. The molecule has 6 heteroatoms. The molecule has 0 radical (unpaired) electrons. The molecule has 1 aliphatic heterocycles. The number of halogens is 1. The minimum absolute atomic E-state index is 0.133. The molecule has 1 fully saturated rings. The monoisotopic (exact) mass is 358 g/mol.